The monoisotopic (exact) mass is 489 g/mol. The van der Waals surface area contributed by atoms with Crippen LogP contribution in [-0.2, 0) is 6.54 Å². The number of amides is 1. The normalized spacial score (nSPS) is 13.1. The minimum atomic E-state index is -0.173. The van der Waals surface area contributed by atoms with Gasteiger partial charge in [-0.05, 0) is 62.6 Å². The highest BCUT2D eigenvalue weighted by molar-refractivity contribution is 6.32. The van der Waals surface area contributed by atoms with Crippen molar-refractivity contribution in [1.82, 2.24) is 15.1 Å². The van der Waals surface area contributed by atoms with Gasteiger partial charge in [-0.1, -0.05) is 30.1 Å². The van der Waals surface area contributed by atoms with Gasteiger partial charge in [0.25, 0.3) is 5.91 Å². The standard InChI is InChI=1S/C24H25Cl2N3O4/c1-3-11-32-22-19(26)12-16(13-20(22)31-4-2)24(30)29(18-9-10-18)14-21-27-28-23(33-21)15-5-7-17(25)8-6-15/h5-8,12-13,18H,3-4,9-11,14H2,1-2H3. The largest absolute Gasteiger partial charge is 0.490 e. The Kier molecular flexibility index (Phi) is 7.40. The van der Waals surface area contributed by atoms with Gasteiger partial charge >= 0.3 is 0 Å². The van der Waals surface area contributed by atoms with Gasteiger partial charge in [0, 0.05) is 22.2 Å². The Balaban J connectivity index is 1.56. The molecule has 0 saturated heterocycles. The van der Waals surface area contributed by atoms with Gasteiger partial charge in [-0.2, -0.15) is 0 Å². The highest BCUT2D eigenvalue weighted by Gasteiger charge is 2.35. The van der Waals surface area contributed by atoms with E-state index < -0.39 is 0 Å². The second-order valence-corrected chi connectivity index (χ2v) is 8.58. The first-order valence-electron chi connectivity index (χ1n) is 11.0. The van der Waals surface area contributed by atoms with Crippen LogP contribution in [0.2, 0.25) is 10.0 Å². The zero-order valence-corrected chi connectivity index (χ0v) is 20.0. The molecule has 1 aliphatic rings. The molecule has 1 amide bonds. The van der Waals surface area contributed by atoms with Crippen LogP contribution in [0.1, 0.15) is 49.4 Å². The molecule has 0 N–H and O–H groups in total. The Morgan fingerprint density at radius 1 is 1.12 bits per heavy atom. The second kappa shape index (κ2) is 10.4. The van der Waals surface area contributed by atoms with Crippen molar-refractivity contribution in [2.45, 2.75) is 45.7 Å². The second-order valence-electron chi connectivity index (χ2n) is 7.74. The Hall–Kier alpha value is -2.77. The van der Waals surface area contributed by atoms with E-state index in [-0.39, 0.29) is 18.5 Å². The highest BCUT2D eigenvalue weighted by Crippen LogP contribution is 2.38. The number of carbonyl (C=O) groups is 1. The molecular weight excluding hydrogens is 465 g/mol. The van der Waals surface area contributed by atoms with E-state index in [1.54, 1.807) is 29.2 Å². The van der Waals surface area contributed by atoms with Gasteiger partial charge in [0.2, 0.25) is 11.8 Å². The van der Waals surface area contributed by atoms with Crippen molar-refractivity contribution in [3.63, 3.8) is 0 Å². The number of ether oxygens (including phenoxy) is 2. The van der Waals surface area contributed by atoms with E-state index >= 15 is 0 Å². The third kappa shape index (κ3) is 5.60. The van der Waals surface area contributed by atoms with Crippen molar-refractivity contribution in [2.24, 2.45) is 0 Å². The third-order valence-corrected chi connectivity index (χ3v) is 5.65. The molecule has 174 valence electrons. The molecule has 1 aliphatic carbocycles. The van der Waals surface area contributed by atoms with Crippen molar-refractivity contribution in [3.8, 4) is 23.0 Å². The quantitative estimate of drug-likeness (QED) is 0.345. The number of nitrogens with zero attached hydrogens (tertiary/aromatic N) is 3. The van der Waals surface area contributed by atoms with E-state index in [1.807, 2.05) is 26.0 Å². The fourth-order valence-corrected chi connectivity index (χ4v) is 3.78. The number of aromatic nitrogens is 2. The maximum atomic E-state index is 13.4. The summed E-state index contributed by atoms with van der Waals surface area (Å²) in [7, 11) is 0. The maximum absolute atomic E-state index is 13.4. The van der Waals surface area contributed by atoms with E-state index in [4.69, 9.17) is 37.1 Å². The molecule has 1 aromatic heterocycles. The van der Waals surface area contributed by atoms with E-state index in [9.17, 15) is 4.79 Å². The van der Waals surface area contributed by atoms with Gasteiger partial charge in [-0.15, -0.1) is 10.2 Å². The van der Waals surface area contributed by atoms with E-state index in [2.05, 4.69) is 10.2 Å². The van der Waals surface area contributed by atoms with Gasteiger partial charge in [0.15, 0.2) is 11.5 Å². The van der Waals surface area contributed by atoms with Gasteiger partial charge < -0.3 is 18.8 Å². The summed E-state index contributed by atoms with van der Waals surface area (Å²) in [6.07, 6.45) is 2.68. The minimum Gasteiger partial charge on any atom is -0.490 e. The van der Waals surface area contributed by atoms with Crippen molar-refractivity contribution in [2.75, 3.05) is 13.2 Å². The lowest BCUT2D eigenvalue weighted by molar-refractivity contribution is 0.0714. The maximum Gasteiger partial charge on any atom is 0.254 e. The summed E-state index contributed by atoms with van der Waals surface area (Å²) >= 11 is 12.4. The Morgan fingerprint density at radius 3 is 2.55 bits per heavy atom. The molecule has 2 aromatic carbocycles. The minimum absolute atomic E-state index is 0.119. The molecule has 7 nitrogen and oxygen atoms in total. The molecular formula is C24H25Cl2N3O4. The van der Waals surface area contributed by atoms with Crippen LogP contribution in [-0.4, -0.2) is 40.3 Å². The topological polar surface area (TPSA) is 77.7 Å². The Labute approximate surface area is 202 Å². The summed E-state index contributed by atoms with van der Waals surface area (Å²) in [5.74, 6) is 1.48. The number of halogens is 2. The lowest BCUT2D eigenvalue weighted by Crippen LogP contribution is -2.32. The van der Waals surface area contributed by atoms with E-state index in [0.717, 1.165) is 24.8 Å². The lowest BCUT2D eigenvalue weighted by Gasteiger charge is -2.22. The number of rotatable bonds is 10. The van der Waals surface area contributed by atoms with Crippen molar-refractivity contribution < 1.29 is 18.7 Å². The molecule has 0 radical (unpaired) electrons. The fourth-order valence-electron chi connectivity index (χ4n) is 3.39. The zero-order valence-electron chi connectivity index (χ0n) is 18.5. The zero-order chi connectivity index (χ0) is 23.4. The van der Waals surface area contributed by atoms with Crippen LogP contribution in [0, 0.1) is 0 Å². The summed E-state index contributed by atoms with van der Waals surface area (Å²) in [6.45, 7) is 5.03. The van der Waals surface area contributed by atoms with Crippen molar-refractivity contribution >= 4 is 29.1 Å². The van der Waals surface area contributed by atoms with Gasteiger partial charge in [0.1, 0.15) is 0 Å². The van der Waals surface area contributed by atoms with Gasteiger partial charge in [-0.3, -0.25) is 4.79 Å². The van der Waals surface area contributed by atoms with Crippen LogP contribution in [0.25, 0.3) is 11.5 Å². The van der Waals surface area contributed by atoms with E-state index in [0.29, 0.717) is 52.1 Å². The van der Waals surface area contributed by atoms with Gasteiger partial charge in [0.05, 0.1) is 24.8 Å². The SMILES string of the molecule is CCCOc1c(Cl)cc(C(=O)N(Cc2nnc(-c3ccc(Cl)cc3)o2)C2CC2)cc1OCC. The Bertz CT molecular complexity index is 1110. The molecule has 0 unspecified atom stereocenters. The summed E-state index contributed by atoms with van der Waals surface area (Å²) in [5, 5.41) is 9.23. The average Bonchev–Trinajstić information content (AvgIpc) is 3.54. The summed E-state index contributed by atoms with van der Waals surface area (Å²) in [4.78, 5) is 15.2. The van der Waals surface area contributed by atoms with Crippen LogP contribution in [0.15, 0.2) is 40.8 Å². The molecule has 4 rings (SSSR count). The number of hydrogen-bond acceptors (Lipinski definition) is 6. The number of benzene rings is 2. The number of carbonyl (C=O) groups excluding carboxylic acids is 1. The number of hydrogen-bond donors (Lipinski definition) is 0. The Morgan fingerprint density at radius 2 is 1.88 bits per heavy atom. The van der Waals surface area contributed by atoms with Crippen LogP contribution in [0.5, 0.6) is 11.5 Å². The lowest BCUT2D eigenvalue weighted by atomic mass is 10.1. The summed E-state index contributed by atoms with van der Waals surface area (Å²) in [5.41, 5.74) is 1.19. The molecule has 33 heavy (non-hydrogen) atoms. The molecule has 1 fully saturated rings. The molecule has 0 atom stereocenters. The van der Waals surface area contributed by atoms with Crippen LogP contribution in [0.4, 0.5) is 0 Å². The predicted molar refractivity (Wildman–Crippen MR) is 126 cm³/mol. The van der Waals surface area contributed by atoms with Crippen LogP contribution in [0.3, 0.4) is 0 Å². The van der Waals surface area contributed by atoms with Crippen LogP contribution < -0.4 is 9.47 Å². The third-order valence-electron chi connectivity index (χ3n) is 5.12. The molecule has 1 heterocycles. The van der Waals surface area contributed by atoms with Gasteiger partial charge in [-0.25, -0.2) is 0 Å². The first-order chi connectivity index (χ1) is 16.0. The van der Waals surface area contributed by atoms with Crippen LogP contribution >= 0.6 is 23.2 Å². The first kappa shape index (κ1) is 23.4. The molecule has 0 spiro atoms. The summed E-state index contributed by atoms with van der Waals surface area (Å²) in [6, 6.07) is 10.6. The van der Waals surface area contributed by atoms with E-state index in [1.165, 1.54) is 0 Å². The van der Waals surface area contributed by atoms with Crippen molar-refractivity contribution in [3.05, 3.63) is 57.9 Å². The van der Waals surface area contributed by atoms with Crippen molar-refractivity contribution in [1.29, 1.82) is 0 Å². The smallest absolute Gasteiger partial charge is 0.254 e. The molecule has 0 bridgehead atoms. The fraction of sp³-hybridized carbons (Fsp3) is 0.375. The molecule has 9 heteroatoms. The molecule has 3 aromatic rings. The summed E-state index contributed by atoms with van der Waals surface area (Å²) < 4.78 is 17.3. The first-order valence-corrected chi connectivity index (χ1v) is 11.7. The predicted octanol–water partition coefficient (Wildman–Crippen LogP) is 6.04. The molecule has 1 saturated carbocycles. The highest BCUT2D eigenvalue weighted by atomic mass is 35.5. The molecule has 0 aliphatic heterocycles. The average molecular weight is 490 g/mol.